The quantitative estimate of drug-likeness (QED) is 0.754. The van der Waals surface area contributed by atoms with Crippen molar-refractivity contribution in [2.24, 2.45) is 5.73 Å². The first-order valence-corrected chi connectivity index (χ1v) is 7.69. The van der Waals surface area contributed by atoms with Crippen molar-refractivity contribution in [2.45, 2.75) is 45.7 Å². The lowest BCUT2D eigenvalue weighted by atomic mass is 10.0. The number of nitrogens with two attached hydrogens (primary N) is 1. The average Bonchev–Trinajstić information content (AvgIpc) is 2.50. The molecule has 3 nitrogen and oxygen atoms in total. The molecule has 0 spiro atoms. The Balaban J connectivity index is 2.65. The third-order valence-corrected chi connectivity index (χ3v) is 4.04. The van der Waals surface area contributed by atoms with Crippen LogP contribution in [0.5, 0.6) is 0 Å². The standard InChI is InChI=1S/C17H30N2O/c1-5-14(3)19(11-12-20-4)13-17(18)16-9-7-15(6-2)8-10-16/h7-10,14,17H,5-6,11-13,18H2,1-4H3. The normalized spacial score (nSPS) is 14.5. The van der Waals surface area contributed by atoms with Crippen LogP contribution in [-0.2, 0) is 11.2 Å². The highest BCUT2D eigenvalue weighted by molar-refractivity contribution is 5.25. The zero-order chi connectivity index (χ0) is 15.0. The van der Waals surface area contributed by atoms with Crippen molar-refractivity contribution in [3.8, 4) is 0 Å². The molecule has 114 valence electrons. The van der Waals surface area contributed by atoms with Gasteiger partial charge in [0.1, 0.15) is 0 Å². The van der Waals surface area contributed by atoms with Crippen LogP contribution in [0.15, 0.2) is 24.3 Å². The molecule has 20 heavy (non-hydrogen) atoms. The zero-order valence-electron chi connectivity index (χ0n) is 13.4. The van der Waals surface area contributed by atoms with E-state index in [1.807, 2.05) is 0 Å². The van der Waals surface area contributed by atoms with Crippen LogP contribution in [-0.4, -0.2) is 37.7 Å². The van der Waals surface area contributed by atoms with E-state index >= 15 is 0 Å². The number of aryl methyl sites for hydroxylation is 1. The van der Waals surface area contributed by atoms with Gasteiger partial charge in [-0.1, -0.05) is 38.1 Å². The van der Waals surface area contributed by atoms with Crippen LogP contribution in [0.25, 0.3) is 0 Å². The van der Waals surface area contributed by atoms with Gasteiger partial charge < -0.3 is 10.5 Å². The molecular formula is C17H30N2O. The van der Waals surface area contributed by atoms with Crippen LogP contribution in [0.2, 0.25) is 0 Å². The fourth-order valence-electron chi connectivity index (χ4n) is 2.32. The molecule has 0 heterocycles. The van der Waals surface area contributed by atoms with Gasteiger partial charge in [0.2, 0.25) is 0 Å². The summed E-state index contributed by atoms with van der Waals surface area (Å²) in [7, 11) is 1.75. The van der Waals surface area contributed by atoms with E-state index in [9.17, 15) is 0 Å². The Labute approximate surface area is 124 Å². The van der Waals surface area contributed by atoms with Crippen LogP contribution < -0.4 is 5.73 Å². The molecule has 0 fully saturated rings. The molecular weight excluding hydrogens is 248 g/mol. The predicted octanol–water partition coefficient (Wildman–Crippen LogP) is 3.00. The van der Waals surface area contributed by atoms with Crippen molar-refractivity contribution in [2.75, 3.05) is 26.8 Å². The molecule has 2 unspecified atom stereocenters. The zero-order valence-corrected chi connectivity index (χ0v) is 13.4. The lowest BCUT2D eigenvalue weighted by Crippen LogP contribution is -2.40. The van der Waals surface area contributed by atoms with E-state index in [1.165, 1.54) is 11.1 Å². The summed E-state index contributed by atoms with van der Waals surface area (Å²) in [5.41, 5.74) is 8.95. The summed E-state index contributed by atoms with van der Waals surface area (Å²) in [6.07, 6.45) is 2.20. The highest BCUT2D eigenvalue weighted by atomic mass is 16.5. The van der Waals surface area contributed by atoms with E-state index in [4.69, 9.17) is 10.5 Å². The minimum Gasteiger partial charge on any atom is -0.383 e. The molecule has 0 aliphatic rings. The van der Waals surface area contributed by atoms with Crippen molar-refractivity contribution >= 4 is 0 Å². The second-order valence-corrected chi connectivity index (χ2v) is 5.45. The minimum atomic E-state index is 0.0618. The molecule has 0 aliphatic carbocycles. The molecule has 0 bridgehead atoms. The van der Waals surface area contributed by atoms with Crippen molar-refractivity contribution in [3.05, 3.63) is 35.4 Å². The Bertz CT molecular complexity index is 364. The summed E-state index contributed by atoms with van der Waals surface area (Å²) >= 11 is 0. The van der Waals surface area contributed by atoms with Crippen LogP contribution in [0.3, 0.4) is 0 Å². The van der Waals surface area contributed by atoms with Gasteiger partial charge in [-0.2, -0.15) is 0 Å². The molecule has 2 N–H and O–H groups in total. The van der Waals surface area contributed by atoms with Gasteiger partial charge in [-0.3, -0.25) is 4.90 Å². The van der Waals surface area contributed by atoms with E-state index in [2.05, 4.69) is 49.9 Å². The smallest absolute Gasteiger partial charge is 0.0589 e. The fraction of sp³-hybridized carbons (Fsp3) is 0.647. The van der Waals surface area contributed by atoms with Crippen molar-refractivity contribution < 1.29 is 4.74 Å². The predicted molar refractivity (Wildman–Crippen MR) is 86.0 cm³/mol. The Morgan fingerprint density at radius 1 is 1.20 bits per heavy atom. The third kappa shape index (κ3) is 5.23. The summed E-state index contributed by atoms with van der Waals surface area (Å²) in [5, 5.41) is 0. The summed E-state index contributed by atoms with van der Waals surface area (Å²) in [6, 6.07) is 9.27. The van der Waals surface area contributed by atoms with Crippen LogP contribution in [0.4, 0.5) is 0 Å². The highest BCUT2D eigenvalue weighted by Crippen LogP contribution is 2.15. The Morgan fingerprint density at radius 3 is 2.35 bits per heavy atom. The first-order chi connectivity index (χ1) is 9.62. The third-order valence-electron chi connectivity index (χ3n) is 4.04. The molecule has 1 rings (SSSR count). The van der Waals surface area contributed by atoms with Gasteiger partial charge >= 0.3 is 0 Å². The number of ether oxygens (including phenoxy) is 1. The van der Waals surface area contributed by atoms with Gasteiger partial charge in [0.05, 0.1) is 6.61 Å². The van der Waals surface area contributed by atoms with Gasteiger partial charge in [0.25, 0.3) is 0 Å². The Hall–Kier alpha value is -0.900. The number of hydrogen-bond acceptors (Lipinski definition) is 3. The molecule has 1 aromatic carbocycles. The van der Waals surface area contributed by atoms with Crippen molar-refractivity contribution in [1.82, 2.24) is 4.90 Å². The molecule has 3 heteroatoms. The van der Waals surface area contributed by atoms with Gasteiger partial charge in [-0.25, -0.2) is 0 Å². The number of hydrogen-bond donors (Lipinski definition) is 1. The maximum Gasteiger partial charge on any atom is 0.0589 e. The number of nitrogens with zero attached hydrogens (tertiary/aromatic N) is 1. The molecule has 0 aromatic heterocycles. The average molecular weight is 278 g/mol. The first-order valence-electron chi connectivity index (χ1n) is 7.69. The maximum absolute atomic E-state index is 6.37. The SMILES string of the molecule is CCc1ccc(C(N)CN(CCOC)C(C)CC)cc1. The van der Waals surface area contributed by atoms with Crippen LogP contribution in [0.1, 0.15) is 44.4 Å². The van der Waals surface area contributed by atoms with E-state index in [1.54, 1.807) is 7.11 Å². The summed E-state index contributed by atoms with van der Waals surface area (Å²) < 4.78 is 5.20. The van der Waals surface area contributed by atoms with Gasteiger partial charge in [0.15, 0.2) is 0 Å². The Morgan fingerprint density at radius 2 is 1.85 bits per heavy atom. The summed E-state index contributed by atoms with van der Waals surface area (Å²) in [5.74, 6) is 0. The summed E-state index contributed by atoms with van der Waals surface area (Å²) in [6.45, 7) is 9.21. The number of rotatable bonds is 9. The minimum absolute atomic E-state index is 0.0618. The molecule has 2 atom stereocenters. The van der Waals surface area contributed by atoms with E-state index in [0.717, 1.165) is 32.5 Å². The first kappa shape index (κ1) is 17.2. The second kappa shape index (κ2) is 9.11. The fourth-order valence-corrected chi connectivity index (χ4v) is 2.32. The molecule has 1 aromatic rings. The lowest BCUT2D eigenvalue weighted by Gasteiger charge is -2.30. The van der Waals surface area contributed by atoms with Gasteiger partial charge in [0, 0.05) is 32.3 Å². The van der Waals surface area contributed by atoms with E-state index in [-0.39, 0.29) is 6.04 Å². The van der Waals surface area contributed by atoms with Gasteiger partial charge in [-0.05, 0) is 30.9 Å². The van der Waals surface area contributed by atoms with E-state index in [0.29, 0.717) is 6.04 Å². The molecule has 0 amide bonds. The summed E-state index contributed by atoms with van der Waals surface area (Å²) in [4.78, 5) is 2.42. The molecule has 0 radical (unpaired) electrons. The lowest BCUT2D eigenvalue weighted by molar-refractivity contribution is 0.118. The second-order valence-electron chi connectivity index (χ2n) is 5.45. The number of benzene rings is 1. The number of methoxy groups -OCH3 is 1. The monoisotopic (exact) mass is 278 g/mol. The van der Waals surface area contributed by atoms with E-state index < -0.39 is 0 Å². The molecule has 0 saturated carbocycles. The molecule has 0 aliphatic heterocycles. The van der Waals surface area contributed by atoms with Crippen molar-refractivity contribution in [3.63, 3.8) is 0 Å². The van der Waals surface area contributed by atoms with Crippen molar-refractivity contribution in [1.29, 1.82) is 0 Å². The van der Waals surface area contributed by atoms with Crippen LogP contribution >= 0.6 is 0 Å². The van der Waals surface area contributed by atoms with Gasteiger partial charge in [-0.15, -0.1) is 0 Å². The molecule has 0 saturated heterocycles. The topological polar surface area (TPSA) is 38.5 Å². The maximum atomic E-state index is 6.37. The van der Waals surface area contributed by atoms with Crippen LogP contribution in [0, 0.1) is 0 Å². The highest BCUT2D eigenvalue weighted by Gasteiger charge is 2.16. The Kier molecular flexibility index (Phi) is 7.82. The largest absolute Gasteiger partial charge is 0.383 e.